The summed E-state index contributed by atoms with van der Waals surface area (Å²) in [4.78, 5) is 28.1. The van der Waals surface area contributed by atoms with E-state index in [1.165, 1.54) is 0 Å². The van der Waals surface area contributed by atoms with E-state index in [0.29, 0.717) is 33.3 Å². The van der Waals surface area contributed by atoms with Gasteiger partial charge in [-0.15, -0.1) is 0 Å². The van der Waals surface area contributed by atoms with E-state index in [0.717, 1.165) is 16.0 Å². The molecule has 0 saturated carbocycles. The molecule has 0 bridgehead atoms. The molecule has 1 N–H and O–H groups in total. The molecule has 0 saturated heterocycles. The first-order valence-corrected chi connectivity index (χ1v) is 10.1. The predicted molar refractivity (Wildman–Crippen MR) is 123 cm³/mol. The molecule has 4 rings (SSSR count). The summed E-state index contributed by atoms with van der Waals surface area (Å²) in [5.74, 6) is -0.292. The van der Waals surface area contributed by atoms with Crippen molar-refractivity contribution in [2.45, 2.75) is 13.8 Å². The molecule has 156 valence electrons. The minimum atomic E-state index is -0.452. The van der Waals surface area contributed by atoms with E-state index in [-0.39, 0.29) is 5.70 Å². The maximum absolute atomic E-state index is 13.5. The number of rotatable bonds is 5. The average Bonchev–Trinajstić information content (AvgIpc) is 2.98. The molecule has 3 aromatic carbocycles. The molecule has 5 nitrogen and oxygen atoms in total. The number of ether oxygens (including phenoxy) is 1. The summed E-state index contributed by atoms with van der Waals surface area (Å²) in [5, 5.41) is 3.61. The number of carbonyl (C=O) groups excluding carboxylic acids is 2. The number of benzene rings is 3. The number of aryl methyl sites for hydroxylation is 2. The van der Waals surface area contributed by atoms with Crippen molar-refractivity contribution >= 4 is 40.4 Å². The summed E-state index contributed by atoms with van der Waals surface area (Å²) in [7, 11) is 1.56. The third-order valence-corrected chi connectivity index (χ3v) is 5.34. The summed E-state index contributed by atoms with van der Waals surface area (Å²) in [5.41, 5.74) is 4.22. The Balaban J connectivity index is 1.86. The molecule has 1 aliphatic rings. The number of imide groups is 1. The van der Waals surface area contributed by atoms with Crippen molar-refractivity contribution in [1.29, 1.82) is 0 Å². The van der Waals surface area contributed by atoms with Crippen LogP contribution in [0.5, 0.6) is 5.75 Å². The molecule has 0 radical (unpaired) electrons. The largest absolute Gasteiger partial charge is 0.495 e. The standard InChI is InChI=1S/C25H21ClN2O3/c1-15-7-10-17(11-8-15)22-23(27-20-13-16(2)9-12-21(20)31-3)25(30)28(24(22)29)19-6-4-5-18(26)14-19/h4-14,27H,1-3H3. The SMILES string of the molecule is COc1ccc(C)cc1NC1=C(c2ccc(C)cc2)C(=O)N(c2cccc(Cl)c2)C1=O. The molecule has 1 aliphatic heterocycles. The van der Waals surface area contributed by atoms with Crippen LogP contribution in [-0.4, -0.2) is 18.9 Å². The number of nitrogens with zero attached hydrogens (tertiary/aromatic N) is 1. The van der Waals surface area contributed by atoms with Crippen LogP contribution in [0.2, 0.25) is 5.02 Å². The number of anilines is 2. The van der Waals surface area contributed by atoms with Gasteiger partial charge in [-0.2, -0.15) is 0 Å². The van der Waals surface area contributed by atoms with Gasteiger partial charge in [-0.1, -0.05) is 53.6 Å². The third-order valence-electron chi connectivity index (χ3n) is 5.11. The van der Waals surface area contributed by atoms with Crippen molar-refractivity contribution in [3.05, 3.63) is 94.1 Å². The van der Waals surface area contributed by atoms with E-state index in [1.807, 2.05) is 56.3 Å². The van der Waals surface area contributed by atoms with Gasteiger partial charge in [0, 0.05) is 5.02 Å². The maximum Gasteiger partial charge on any atom is 0.282 e. The van der Waals surface area contributed by atoms with Crippen LogP contribution >= 0.6 is 11.6 Å². The monoisotopic (exact) mass is 432 g/mol. The molecule has 0 fully saturated rings. The summed E-state index contributed by atoms with van der Waals surface area (Å²) >= 11 is 6.12. The van der Waals surface area contributed by atoms with E-state index in [2.05, 4.69) is 5.32 Å². The molecule has 1 heterocycles. The zero-order valence-electron chi connectivity index (χ0n) is 17.4. The second kappa shape index (κ2) is 8.28. The van der Waals surface area contributed by atoms with Crippen LogP contribution in [0.1, 0.15) is 16.7 Å². The van der Waals surface area contributed by atoms with Gasteiger partial charge < -0.3 is 10.1 Å². The van der Waals surface area contributed by atoms with Crippen LogP contribution in [0, 0.1) is 13.8 Å². The highest BCUT2D eigenvalue weighted by molar-refractivity contribution is 6.46. The molecular weight excluding hydrogens is 412 g/mol. The van der Waals surface area contributed by atoms with Crippen molar-refractivity contribution in [3.8, 4) is 5.75 Å². The van der Waals surface area contributed by atoms with Gasteiger partial charge in [0.1, 0.15) is 11.4 Å². The van der Waals surface area contributed by atoms with Crippen LogP contribution < -0.4 is 15.0 Å². The zero-order valence-corrected chi connectivity index (χ0v) is 18.2. The van der Waals surface area contributed by atoms with E-state index < -0.39 is 11.8 Å². The molecule has 0 aromatic heterocycles. The van der Waals surface area contributed by atoms with Gasteiger partial charge in [0.05, 0.1) is 24.1 Å². The van der Waals surface area contributed by atoms with Crippen LogP contribution in [0.25, 0.3) is 5.57 Å². The van der Waals surface area contributed by atoms with Crippen LogP contribution in [-0.2, 0) is 9.59 Å². The highest BCUT2D eigenvalue weighted by Crippen LogP contribution is 2.36. The van der Waals surface area contributed by atoms with Crippen molar-refractivity contribution in [2.75, 3.05) is 17.3 Å². The smallest absolute Gasteiger partial charge is 0.282 e. The highest BCUT2D eigenvalue weighted by Gasteiger charge is 2.40. The first kappa shape index (κ1) is 20.7. The van der Waals surface area contributed by atoms with Gasteiger partial charge in [0.2, 0.25) is 0 Å². The Morgan fingerprint density at radius 3 is 2.26 bits per heavy atom. The predicted octanol–water partition coefficient (Wildman–Crippen LogP) is 5.36. The zero-order chi connectivity index (χ0) is 22.1. The van der Waals surface area contributed by atoms with Crippen molar-refractivity contribution in [1.82, 2.24) is 0 Å². The minimum absolute atomic E-state index is 0.192. The molecular formula is C25H21ClN2O3. The van der Waals surface area contributed by atoms with E-state index in [9.17, 15) is 9.59 Å². The number of hydrogen-bond acceptors (Lipinski definition) is 4. The number of carbonyl (C=O) groups is 2. The first-order chi connectivity index (χ1) is 14.9. The lowest BCUT2D eigenvalue weighted by molar-refractivity contribution is -0.120. The Kier molecular flexibility index (Phi) is 5.53. The Bertz CT molecular complexity index is 1220. The molecule has 3 aromatic rings. The van der Waals surface area contributed by atoms with Crippen molar-refractivity contribution < 1.29 is 14.3 Å². The fourth-order valence-corrected chi connectivity index (χ4v) is 3.72. The molecule has 0 unspecified atom stereocenters. The minimum Gasteiger partial charge on any atom is -0.495 e. The van der Waals surface area contributed by atoms with Crippen LogP contribution in [0.3, 0.4) is 0 Å². The fraction of sp³-hybridized carbons (Fsp3) is 0.120. The lowest BCUT2D eigenvalue weighted by Gasteiger charge is -2.16. The second-order valence-corrected chi connectivity index (χ2v) is 7.81. The van der Waals surface area contributed by atoms with Gasteiger partial charge in [0.25, 0.3) is 11.8 Å². The number of methoxy groups -OCH3 is 1. The van der Waals surface area contributed by atoms with Crippen molar-refractivity contribution in [3.63, 3.8) is 0 Å². The van der Waals surface area contributed by atoms with Gasteiger partial charge in [-0.25, -0.2) is 4.90 Å². The third kappa shape index (κ3) is 3.92. The topological polar surface area (TPSA) is 58.6 Å². The van der Waals surface area contributed by atoms with E-state index in [4.69, 9.17) is 16.3 Å². The summed E-state index contributed by atoms with van der Waals surface area (Å²) in [6.45, 7) is 3.91. The normalized spacial score (nSPS) is 13.7. The summed E-state index contributed by atoms with van der Waals surface area (Å²) in [6.07, 6.45) is 0. The van der Waals surface area contributed by atoms with E-state index >= 15 is 0 Å². The van der Waals surface area contributed by atoms with Crippen LogP contribution in [0.15, 0.2) is 72.4 Å². The molecule has 0 spiro atoms. The lowest BCUT2D eigenvalue weighted by atomic mass is 10.0. The number of nitrogens with one attached hydrogen (secondary N) is 1. The Labute approximate surface area is 185 Å². The van der Waals surface area contributed by atoms with Gasteiger partial charge >= 0.3 is 0 Å². The molecule has 31 heavy (non-hydrogen) atoms. The molecule has 0 aliphatic carbocycles. The summed E-state index contributed by atoms with van der Waals surface area (Å²) in [6, 6.07) is 19.8. The molecule has 2 amide bonds. The number of halogens is 1. The van der Waals surface area contributed by atoms with Gasteiger partial charge in [0.15, 0.2) is 0 Å². The fourth-order valence-electron chi connectivity index (χ4n) is 3.54. The Morgan fingerprint density at radius 1 is 0.871 bits per heavy atom. The number of amides is 2. The number of hydrogen-bond donors (Lipinski definition) is 1. The Morgan fingerprint density at radius 2 is 1.58 bits per heavy atom. The summed E-state index contributed by atoms with van der Waals surface area (Å²) < 4.78 is 5.44. The highest BCUT2D eigenvalue weighted by atomic mass is 35.5. The maximum atomic E-state index is 13.5. The average molecular weight is 433 g/mol. The first-order valence-electron chi connectivity index (χ1n) is 9.76. The van der Waals surface area contributed by atoms with Gasteiger partial charge in [-0.05, 0) is 55.3 Å². The molecule has 6 heteroatoms. The van der Waals surface area contributed by atoms with Crippen molar-refractivity contribution in [2.24, 2.45) is 0 Å². The van der Waals surface area contributed by atoms with E-state index in [1.54, 1.807) is 31.4 Å². The van der Waals surface area contributed by atoms with Crippen LogP contribution in [0.4, 0.5) is 11.4 Å². The lowest BCUT2D eigenvalue weighted by Crippen LogP contribution is -2.32. The quantitative estimate of drug-likeness (QED) is 0.551. The molecule has 0 atom stereocenters. The van der Waals surface area contributed by atoms with Gasteiger partial charge in [-0.3, -0.25) is 9.59 Å². The second-order valence-electron chi connectivity index (χ2n) is 7.37. The Hall–Kier alpha value is -3.57.